The third-order valence-corrected chi connectivity index (χ3v) is 2.92. The fourth-order valence-electron chi connectivity index (χ4n) is 1.86. The number of phenols is 1. The Balaban J connectivity index is 2.81. The number of carbonyl (C=O) groups is 1. The number of hydrogen-bond donors (Lipinski definition) is 2. The maximum Gasteiger partial charge on any atom is 0.320 e. The molecule has 0 spiro atoms. The SMILES string of the molecule is CCC(C(=O)O)N(C)Cc1ccc(OC)cc1O. The first-order valence-corrected chi connectivity index (χ1v) is 5.78. The molecule has 1 aromatic rings. The average Bonchev–Trinajstić information content (AvgIpc) is 2.32. The van der Waals surface area contributed by atoms with E-state index < -0.39 is 12.0 Å². The molecule has 1 unspecified atom stereocenters. The van der Waals surface area contributed by atoms with Crippen LogP contribution in [0.1, 0.15) is 18.9 Å². The minimum absolute atomic E-state index is 0.112. The van der Waals surface area contributed by atoms with Crippen molar-refractivity contribution in [2.45, 2.75) is 25.9 Å². The van der Waals surface area contributed by atoms with E-state index in [-0.39, 0.29) is 5.75 Å². The van der Waals surface area contributed by atoms with Crippen LogP contribution in [-0.2, 0) is 11.3 Å². The Morgan fingerprint density at radius 3 is 2.61 bits per heavy atom. The number of nitrogens with zero attached hydrogens (tertiary/aromatic N) is 1. The van der Waals surface area contributed by atoms with Crippen molar-refractivity contribution in [1.82, 2.24) is 4.90 Å². The van der Waals surface area contributed by atoms with Crippen molar-refractivity contribution in [3.05, 3.63) is 23.8 Å². The normalized spacial score (nSPS) is 12.4. The number of carboxylic acid groups (broad SMARTS) is 1. The van der Waals surface area contributed by atoms with Crippen molar-refractivity contribution in [3.63, 3.8) is 0 Å². The summed E-state index contributed by atoms with van der Waals surface area (Å²) in [7, 11) is 3.25. The van der Waals surface area contributed by atoms with Crippen LogP contribution in [0, 0.1) is 0 Å². The smallest absolute Gasteiger partial charge is 0.320 e. The fraction of sp³-hybridized carbons (Fsp3) is 0.462. The van der Waals surface area contributed by atoms with E-state index in [1.54, 1.807) is 24.1 Å². The van der Waals surface area contributed by atoms with Crippen molar-refractivity contribution < 1.29 is 19.7 Å². The molecule has 100 valence electrons. The van der Waals surface area contributed by atoms with Gasteiger partial charge in [0.25, 0.3) is 0 Å². The zero-order chi connectivity index (χ0) is 13.7. The van der Waals surface area contributed by atoms with Gasteiger partial charge in [0.15, 0.2) is 0 Å². The molecule has 18 heavy (non-hydrogen) atoms. The van der Waals surface area contributed by atoms with E-state index in [1.807, 2.05) is 6.92 Å². The Bertz CT molecular complexity index is 419. The Hall–Kier alpha value is -1.75. The fourth-order valence-corrected chi connectivity index (χ4v) is 1.86. The third-order valence-electron chi connectivity index (χ3n) is 2.92. The first-order chi connectivity index (χ1) is 8.49. The number of ether oxygens (including phenoxy) is 1. The second-order valence-corrected chi connectivity index (χ2v) is 4.17. The standard InChI is InChI=1S/C13H19NO4/c1-4-11(13(16)17)14(2)8-9-5-6-10(18-3)7-12(9)15/h5-7,11,15H,4,8H2,1-3H3,(H,16,17). The van der Waals surface area contributed by atoms with E-state index in [2.05, 4.69) is 0 Å². The van der Waals surface area contributed by atoms with E-state index in [4.69, 9.17) is 9.84 Å². The van der Waals surface area contributed by atoms with Gasteiger partial charge in [-0.25, -0.2) is 0 Å². The topological polar surface area (TPSA) is 70.0 Å². The second-order valence-electron chi connectivity index (χ2n) is 4.17. The molecule has 0 aliphatic rings. The van der Waals surface area contributed by atoms with Gasteiger partial charge in [-0.3, -0.25) is 9.69 Å². The van der Waals surface area contributed by atoms with Crippen LogP contribution in [0.25, 0.3) is 0 Å². The van der Waals surface area contributed by atoms with Crippen LogP contribution >= 0.6 is 0 Å². The molecular formula is C13H19NO4. The number of aromatic hydroxyl groups is 1. The molecular weight excluding hydrogens is 234 g/mol. The highest BCUT2D eigenvalue weighted by molar-refractivity contribution is 5.73. The molecule has 0 radical (unpaired) electrons. The number of likely N-dealkylation sites (N-methyl/N-ethyl adjacent to an activating group) is 1. The van der Waals surface area contributed by atoms with Gasteiger partial charge in [0.2, 0.25) is 0 Å². The van der Waals surface area contributed by atoms with Gasteiger partial charge in [-0.15, -0.1) is 0 Å². The van der Waals surface area contributed by atoms with Crippen molar-refractivity contribution in [3.8, 4) is 11.5 Å². The molecule has 0 aliphatic carbocycles. The summed E-state index contributed by atoms with van der Waals surface area (Å²) in [4.78, 5) is 12.7. The van der Waals surface area contributed by atoms with Gasteiger partial charge >= 0.3 is 5.97 Å². The molecule has 5 nitrogen and oxygen atoms in total. The van der Waals surface area contributed by atoms with Gasteiger partial charge in [-0.1, -0.05) is 13.0 Å². The summed E-state index contributed by atoms with van der Waals surface area (Å²) in [5.41, 5.74) is 0.679. The van der Waals surface area contributed by atoms with Gasteiger partial charge in [0.1, 0.15) is 17.5 Å². The zero-order valence-corrected chi connectivity index (χ0v) is 10.9. The molecule has 0 aromatic heterocycles. The molecule has 0 amide bonds. The number of methoxy groups -OCH3 is 1. The number of rotatable bonds is 6. The van der Waals surface area contributed by atoms with Crippen LogP contribution in [-0.4, -0.2) is 41.3 Å². The van der Waals surface area contributed by atoms with E-state index in [0.717, 1.165) is 0 Å². The molecule has 1 rings (SSSR count). The Morgan fingerprint density at radius 2 is 2.17 bits per heavy atom. The summed E-state index contributed by atoms with van der Waals surface area (Å²) in [5.74, 6) is -0.168. The van der Waals surface area contributed by atoms with Crippen molar-refractivity contribution in [1.29, 1.82) is 0 Å². The summed E-state index contributed by atoms with van der Waals surface area (Å²) >= 11 is 0. The minimum Gasteiger partial charge on any atom is -0.507 e. The van der Waals surface area contributed by atoms with Gasteiger partial charge in [0.05, 0.1) is 7.11 Å². The van der Waals surface area contributed by atoms with Crippen LogP contribution in [0.15, 0.2) is 18.2 Å². The van der Waals surface area contributed by atoms with Crippen molar-refractivity contribution in [2.75, 3.05) is 14.2 Å². The maximum absolute atomic E-state index is 11.0. The summed E-state index contributed by atoms with van der Waals surface area (Å²) in [6, 6.07) is 4.45. The van der Waals surface area contributed by atoms with Crippen LogP contribution in [0.4, 0.5) is 0 Å². The number of hydrogen-bond acceptors (Lipinski definition) is 4. The number of carboxylic acids is 1. The highest BCUT2D eigenvalue weighted by atomic mass is 16.5. The van der Waals surface area contributed by atoms with E-state index in [0.29, 0.717) is 24.3 Å². The first-order valence-electron chi connectivity index (χ1n) is 5.78. The summed E-state index contributed by atoms with van der Waals surface area (Å²) in [6.07, 6.45) is 0.517. The monoisotopic (exact) mass is 253 g/mol. The molecule has 0 fully saturated rings. The lowest BCUT2D eigenvalue weighted by molar-refractivity contribution is -0.143. The Kier molecular flexibility index (Phi) is 4.97. The predicted octanol–water partition coefficient (Wildman–Crippen LogP) is 1.70. The van der Waals surface area contributed by atoms with Crippen LogP contribution in [0.5, 0.6) is 11.5 Å². The summed E-state index contributed by atoms with van der Waals surface area (Å²) in [5, 5.41) is 18.9. The maximum atomic E-state index is 11.0. The Morgan fingerprint density at radius 1 is 1.50 bits per heavy atom. The number of aliphatic carboxylic acids is 1. The first kappa shape index (κ1) is 14.3. The van der Waals surface area contributed by atoms with E-state index in [9.17, 15) is 9.90 Å². The van der Waals surface area contributed by atoms with Crippen molar-refractivity contribution in [2.24, 2.45) is 0 Å². The molecule has 0 saturated heterocycles. The van der Waals surface area contributed by atoms with Gasteiger partial charge in [0, 0.05) is 18.2 Å². The lowest BCUT2D eigenvalue weighted by Gasteiger charge is -2.23. The molecule has 5 heteroatoms. The highest BCUT2D eigenvalue weighted by Crippen LogP contribution is 2.24. The van der Waals surface area contributed by atoms with Crippen LogP contribution < -0.4 is 4.74 Å². The lowest BCUT2D eigenvalue weighted by atomic mass is 10.1. The highest BCUT2D eigenvalue weighted by Gasteiger charge is 2.21. The minimum atomic E-state index is -0.854. The molecule has 0 aliphatic heterocycles. The second kappa shape index (κ2) is 6.26. The molecule has 0 bridgehead atoms. The lowest BCUT2D eigenvalue weighted by Crippen LogP contribution is -2.37. The molecule has 0 heterocycles. The predicted molar refractivity (Wildman–Crippen MR) is 67.8 cm³/mol. The third kappa shape index (κ3) is 3.37. The van der Waals surface area contributed by atoms with E-state index >= 15 is 0 Å². The molecule has 2 N–H and O–H groups in total. The number of benzene rings is 1. The van der Waals surface area contributed by atoms with Crippen LogP contribution in [0.2, 0.25) is 0 Å². The van der Waals surface area contributed by atoms with Gasteiger partial charge in [-0.2, -0.15) is 0 Å². The quantitative estimate of drug-likeness (QED) is 0.807. The van der Waals surface area contributed by atoms with Crippen molar-refractivity contribution >= 4 is 5.97 Å². The molecule has 1 atom stereocenters. The Labute approximate surface area is 107 Å². The molecule has 1 aromatic carbocycles. The zero-order valence-electron chi connectivity index (χ0n) is 10.9. The van der Waals surface area contributed by atoms with Gasteiger partial charge in [-0.05, 0) is 19.5 Å². The average molecular weight is 253 g/mol. The summed E-state index contributed by atoms with van der Waals surface area (Å²) in [6.45, 7) is 2.20. The summed E-state index contributed by atoms with van der Waals surface area (Å²) < 4.78 is 4.99. The van der Waals surface area contributed by atoms with E-state index in [1.165, 1.54) is 13.2 Å². The largest absolute Gasteiger partial charge is 0.507 e. The number of phenolic OH excluding ortho intramolecular Hbond substituents is 1. The van der Waals surface area contributed by atoms with Crippen LogP contribution in [0.3, 0.4) is 0 Å². The molecule has 0 saturated carbocycles. The van der Waals surface area contributed by atoms with Gasteiger partial charge < -0.3 is 14.9 Å².